The minimum atomic E-state index is -2.81. The molecule has 12 heteroatoms. The summed E-state index contributed by atoms with van der Waals surface area (Å²) < 4.78 is 4.92. The third-order valence-electron chi connectivity index (χ3n) is 3.35. The van der Waals surface area contributed by atoms with Crippen molar-refractivity contribution in [2.45, 2.75) is 49.6 Å². The number of aliphatic hydroxyl groups excluding tert-OH is 3. The molecule has 130 valence electrons. The minimum Gasteiger partial charge on any atom is -0.477 e. The van der Waals surface area contributed by atoms with Crippen LogP contribution in [0.1, 0.15) is 13.3 Å². The van der Waals surface area contributed by atoms with Gasteiger partial charge in [0.05, 0.1) is 24.8 Å². The van der Waals surface area contributed by atoms with Crippen molar-refractivity contribution in [3.63, 3.8) is 0 Å². The lowest BCUT2D eigenvalue weighted by atomic mass is 9.88. The molecule has 1 fully saturated rings. The zero-order valence-electron chi connectivity index (χ0n) is 12.1. The number of carboxylic acid groups (broad SMARTS) is 1. The molecule has 1 rings (SSSR count). The summed E-state index contributed by atoms with van der Waals surface area (Å²) in [7, 11) is 0. The van der Waals surface area contributed by atoms with E-state index in [2.05, 4.69) is 15.3 Å². The summed E-state index contributed by atoms with van der Waals surface area (Å²) in [4.78, 5) is 24.7. The Labute approximate surface area is 129 Å². The van der Waals surface area contributed by atoms with Crippen LogP contribution in [0.4, 0.5) is 0 Å². The van der Waals surface area contributed by atoms with Crippen LogP contribution in [0.3, 0.4) is 0 Å². The second-order valence-electron chi connectivity index (χ2n) is 5.14. The van der Waals surface area contributed by atoms with E-state index in [9.17, 15) is 30.0 Å². The van der Waals surface area contributed by atoms with Gasteiger partial charge in [-0.25, -0.2) is 4.79 Å². The molecule has 0 bridgehead atoms. The number of carbonyl (C=O) groups excluding carboxylic acids is 1. The van der Waals surface area contributed by atoms with Crippen LogP contribution in [0.25, 0.3) is 10.4 Å². The normalized spacial score (nSPS) is 33.2. The number of nitrogens with zero attached hydrogens (tertiary/aromatic N) is 3. The van der Waals surface area contributed by atoms with E-state index in [1.807, 2.05) is 0 Å². The Bertz CT molecular complexity index is 510. The van der Waals surface area contributed by atoms with E-state index in [0.29, 0.717) is 0 Å². The fourth-order valence-corrected chi connectivity index (χ4v) is 2.26. The van der Waals surface area contributed by atoms with E-state index in [1.54, 1.807) is 0 Å². The number of aliphatic hydroxyl groups is 4. The first-order valence-electron chi connectivity index (χ1n) is 6.58. The Morgan fingerprint density at radius 3 is 2.61 bits per heavy atom. The lowest BCUT2D eigenvalue weighted by Gasteiger charge is -2.44. The van der Waals surface area contributed by atoms with E-state index < -0.39 is 61.1 Å². The van der Waals surface area contributed by atoms with Crippen LogP contribution in [-0.4, -0.2) is 80.2 Å². The third-order valence-corrected chi connectivity index (χ3v) is 3.35. The molecule has 1 heterocycles. The molecule has 1 saturated heterocycles. The van der Waals surface area contributed by atoms with Crippen LogP contribution in [0, 0.1) is 0 Å². The first-order chi connectivity index (χ1) is 10.6. The van der Waals surface area contributed by atoms with Crippen molar-refractivity contribution in [3.05, 3.63) is 10.4 Å². The Morgan fingerprint density at radius 1 is 1.52 bits per heavy atom. The SMILES string of the molecule is CC(=O)N[C@@H]1[C@@H](O)CC(O)(C(=O)O)O[C@H]1C(O)C(O)CN=[N+]=[N-]. The highest BCUT2D eigenvalue weighted by Gasteiger charge is 2.53. The number of ether oxygens (including phenoxy) is 1. The van der Waals surface area contributed by atoms with Crippen molar-refractivity contribution in [2.24, 2.45) is 5.11 Å². The van der Waals surface area contributed by atoms with Crippen molar-refractivity contribution < 1.29 is 39.9 Å². The molecular weight excluding hydrogens is 316 g/mol. The monoisotopic (exact) mass is 334 g/mol. The van der Waals surface area contributed by atoms with Crippen molar-refractivity contribution in [3.8, 4) is 0 Å². The highest BCUT2D eigenvalue weighted by atomic mass is 16.7. The number of amides is 1. The lowest BCUT2D eigenvalue weighted by molar-refractivity contribution is -0.294. The van der Waals surface area contributed by atoms with E-state index in [-0.39, 0.29) is 0 Å². The molecule has 0 spiro atoms. The predicted octanol–water partition coefficient (Wildman–Crippen LogP) is -2.55. The molecule has 0 aromatic carbocycles. The summed E-state index contributed by atoms with van der Waals surface area (Å²) in [6, 6.07) is -1.29. The van der Waals surface area contributed by atoms with E-state index >= 15 is 0 Å². The maximum Gasteiger partial charge on any atom is 0.364 e. The Hall–Kier alpha value is -1.95. The van der Waals surface area contributed by atoms with Gasteiger partial charge in [-0.05, 0) is 5.53 Å². The molecule has 12 nitrogen and oxygen atoms in total. The first kappa shape index (κ1) is 19.1. The quantitative estimate of drug-likeness (QED) is 0.173. The van der Waals surface area contributed by atoms with Gasteiger partial charge in [0.2, 0.25) is 5.91 Å². The molecule has 23 heavy (non-hydrogen) atoms. The fraction of sp³-hybridized carbons (Fsp3) is 0.818. The molecule has 6 N–H and O–H groups in total. The maximum absolute atomic E-state index is 11.2. The Morgan fingerprint density at radius 2 is 2.13 bits per heavy atom. The first-order valence-corrected chi connectivity index (χ1v) is 6.58. The summed E-state index contributed by atoms with van der Waals surface area (Å²) in [5.41, 5.74) is 8.20. The average molecular weight is 334 g/mol. The van der Waals surface area contributed by atoms with E-state index in [1.165, 1.54) is 0 Å². The van der Waals surface area contributed by atoms with Gasteiger partial charge in [-0.2, -0.15) is 0 Å². The van der Waals surface area contributed by atoms with Crippen LogP contribution in [0.2, 0.25) is 0 Å². The van der Waals surface area contributed by atoms with Crippen LogP contribution in [-0.2, 0) is 14.3 Å². The summed E-state index contributed by atoms with van der Waals surface area (Å²) in [6.45, 7) is 0.552. The van der Waals surface area contributed by atoms with Crippen LogP contribution >= 0.6 is 0 Å². The molecule has 0 aromatic rings. The van der Waals surface area contributed by atoms with E-state index in [4.69, 9.17) is 15.4 Å². The molecule has 3 unspecified atom stereocenters. The zero-order valence-corrected chi connectivity index (χ0v) is 12.1. The molecular formula is C11H18N4O8. The van der Waals surface area contributed by atoms with E-state index in [0.717, 1.165) is 6.92 Å². The number of aliphatic carboxylic acids is 1. The fourth-order valence-electron chi connectivity index (χ4n) is 2.26. The van der Waals surface area contributed by atoms with Crippen LogP contribution in [0.15, 0.2) is 5.11 Å². The number of azide groups is 1. The van der Waals surface area contributed by atoms with Gasteiger partial charge in [-0.15, -0.1) is 0 Å². The zero-order chi connectivity index (χ0) is 17.8. The van der Waals surface area contributed by atoms with Gasteiger partial charge in [-0.1, -0.05) is 5.11 Å². The van der Waals surface area contributed by atoms with Gasteiger partial charge in [-0.3, -0.25) is 4.79 Å². The number of rotatable bonds is 6. The molecule has 6 atom stereocenters. The molecule has 1 aliphatic heterocycles. The molecule has 1 amide bonds. The second-order valence-corrected chi connectivity index (χ2v) is 5.14. The summed E-state index contributed by atoms with van der Waals surface area (Å²) in [6.07, 6.45) is -7.51. The van der Waals surface area contributed by atoms with Gasteiger partial charge in [0.15, 0.2) is 0 Å². The van der Waals surface area contributed by atoms with Gasteiger partial charge >= 0.3 is 5.97 Å². The highest BCUT2D eigenvalue weighted by molar-refractivity contribution is 5.76. The Balaban J connectivity index is 3.08. The van der Waals surface area contributed by atoms with Crippen molar-refractivity contribution >= 4 is 11.9 Å². The molecule has 0 aromatic heterocycles. The Kier molecular flexibility index (Phi) is 6.27. The third kappa shape index (κ3) is 4.51. The van der Waals surface area contributed by atoms with Gasteiger partial charge in [0.25, 0.3) is 5.79 Å². The number of hydrogen-bond donors (Lipinski definition) is 6. The van der Waals surface area contributed by atoms with Crippen LogP contribution < -0.4 is 5.32 Å². The topological polar surface area (TPSA) is 205 Å². The predicted molar refractivity (Wildman–Crippen MR) is 71.7 cm³/mol. The lowest BCUT2D eigenvalue weighted by Crippen LogP contribution is -2.67. The smallest absolute Gasteiger partial charge is 0.364 e. The maximum atomic E-state index is 11.2. The summed E-state index contributed by atoms with van der Waals surface area (Å²) in [5.74, 6) is -5.22. The molecule has 0 saturated carbocycles. The van der Waals surface area contributed by atoms with Crippen molar-refractivity contribution in [2.75, 3.05) is 6.54 Å². The summed E-state index contributed by atoms with van der Waals surface area (Å²) in [5, 5.41) is 53.9. The number of carbonyl (C=O) groups is 2. The number of hydrogen-bond acceptors (Lipinski definition) is 8. The van der Waals surface area contributed by atoms with Crippen molar-refractivity contribution in [1.82, 2.24) is 5.32 Å². The average Bonchev–Trinajstić information content (AvgIpc) is 2.46. The van der Waals surface area contributed by atoms with Gasteiger partial charge < -0.3 is 35.6 Å². The number of carboxylic acids is 1. The molecule has 0 aliphatic carbocycles. The van der Waals surface area contributed by atoms with Crippen LogP contribution in [0.5, 0.6) is 0 Å². The van der Waals surface area contributed by atoms with Gasteiger partial charge in [0, 0.05) is 18.3 Å². The minimum absolute atomic E-state index is 0.564. The summed E-state index contributed by atoms with van der Waals surface area (Å²) >= 11 is 0. The number of nitrogens with one attached hydrogen (secondary N) is 1. The molecule has 0 radical (unpaired) electrons. The highest BCUT2D eigenvalue weighted by Crippen LogP contribution is 2.30. The van der Waals surface area contributed by atoms with Crippen molar-refractivity contribution in [1.29, 1.82) is 0 Å². The molecule has 1 aliphatic rings. The van der Waals surface area contributed by atoms with Gasteiger partial charge in [0.1, 0.15) is 12.2 Å². The largest absolute Gasteiger partial charge is 0.477 e. The standard InChI is InChI=1S/C11H18N4O8/c1-4(16)14-7-5(17)2-11(22,10(20)21)23-9(7)8(19)6(18)3-13-15-12/h5-9,17-19,22H,2-3H2,1H3,(H,14,16)(H,20,21)/t5-,6?,7+,8?,9+,11?/m0/s1. The second kappa shape index (κ2) is 7.55.